The lowest BCUT2D eigenvalue weighted by molar-refractivity contribution is -0.143. The third-order valence-electron chi connectivity index (χ3n) is 4.71. The van der Waals surface area contributed by atoms with Crippen molar-refractivity contribution in [3.8, 4) is 0 Å². The molecule has 0 spiro atoms. The maximum Gasteiger partial charge on any atom is 0.326 e. The predicted molar refractivity (Wildman–Crippen MR) is 125 cm³/mol. The minimum Gasteiger partial charge on any atom is -0.480 e. The van der Waals surface area contributed by atoms with Crippen LogP contribution in [0.2, 0.25) is 0 Å². The molecule has 0 aliphatic heterocycles. The molecule has 0 aromatic carbocycles. The molecule has 0 radical (unpaired) electrons. The van der Waals surface area contributed by atoms with Crippen LogP contribution >= 0.6 is 0 Å². The second kappa shape index (κ2) is 17.0. The number of carbonyl (C=O) groups excluding carboxylic acids is 4. The number of carboxylic acids is 1. The van der Waals surface area contributed by atoms with E-state index in [0.29, 0.717) is 19.4 Å². The van der Waals surface area contributed by atoms with Crippen LogP contribution in [0.3, 0.4) is 0 Å². The summed E-state index contributed by atoms with van der Waals surface area (Å²) in [4.78, 5) is 64.1. The smallest absolute Gasteiger partial charge is 0.326 e. The second-order valence-electron chi connectivity index (χ2n) is 7.71. The van der Waals surface area contributed by atoms with Crippen molar-refractivity contribution in [2.75, 3.05) is 19.7 Å². The van der Waals surface area contributed by atoms with Crippen LogP contribution in [0.5, 0.6) is 0 Å². The van der Waals surface area contributed by atoms with Crippen molar-refractivity contribution in [3.05, 3.63) is 0 Å². The zero-order chi connectivity index (χ0) is 27.0. The molecule has 4 unspecified atom stereocenters. The number of hydrogen-bond acceptors (Lipinski definition) is 9. The maximum absolute atomic E-state index is 13.0. The summed E-state index contributed by atoms with van der Waals surface area (Å²) in [6, 6.07) is -5.24. The number of nitrogens with one attached hydrogen (secondary N) is 3. The van der Waals surface area contributed by atoms with Crippen LogP contribution in [0.25, 0.3) is 0 Å². The maximum atomic E-state index is 13.0. The molecule has 16 heteroatoms. The van der Waals surface area contributed by atoms with Crippen LogP contribution in [-0.2, 0) is 24.0 Å². The number of aliphatic hydroxyl groups excluding tert-OH is 1. The number of nitrogens with zero attached hydrogens (tertiary/aromatic N) is 1. The number of amides is 4. The average Bonchev–Trinajstić information content (AvgIpc) is 2.78. The largest absolute Gasteiger partial charge is 0.480 e. The summed E-state index contributed by atoms with van der Waals surface area (Å²) in [5.41, 5.74) is 26.5. The van der Waals surface area contributed by atoms with Crippen LogP contribution in [0, 0.1) is 0 Å². The highest BCUT2D eigenvalue weighted by molar-refractivity contribution is 5.94. The Morgan fingerprint density at radius 2 is 1.31 bits per heavy atom. The lowest BCUT2D eigenvalue weighted by Crippen LogP contribution is -2.57. The summed E-state index contributed by atoms with van der Waals surface area (Å²) >= 11 is 0. The number of primary amides is 1. The fourth-order valence-corrected chi connectivity index (χ4v) is 2.84. The zero-order valence-corrected chi connectivity index (χ0v) is 19.4. The van der Waals surface area contributed by atoms with E-state index in [9.17, 15) is 29.1 Å². The van der Waals surface area contributed by atoms with Crippen molar-refractivity contribution in [2.24, 2.45) is 33.7 Å². The molecule has 35 heavy (non-hydrogen) atoms. The predicted octanol–water partition coefficient (Wildman–Crippen LogP) is -5.10. The molecule has 0 rings (SSSR count). The average molecular weight is 504 g/mol. The Kier molecular flexibility index (Phi) is 15.3. The highest BCUT2D eigenvalue weighted by Gasteiger charge is 2.30. The van der Waals surface area contributed by atoms with Crippen molar-refractivity contribution in [1.29, 1.82) is 0 Å². The molecule has 0 aromatic heterocycles. The van der Waals surface area contributed by atoms with E-state index in [1.54, 1.807) is 0 Å². The van der Waals surface area contributed by atoms with E-state index in [2.05, 4.69) is 20.9 Å². The Balaban J connectivity index is 5.56. The number of unbranched alkanes of at least 4 members (excludes halogenated alkanes) is 1. The summed E-state index contributed by atoms with van der Waals surface area (Å²) in [5, 5.41) is 25.4. The van der Waals surface area contributed by atoms with Gasteiger partial charge in [-0.25, -0.2) is 4.79 Å². The number of nitrogens with two attached hydrogens (primary N) is 5. The van der Waals surface area contributed by atoms with E-state index in [-0.39, 0.29) is 31.8 Å². The van der Waals surface area contributed by atoms with Gasteiger partial charge in [0.15, 0.2) is 5.96 Å². The molecule has 0 saturated heterocycles. The van der Waals surface area contributed by atoms with Gasteiger partial charge in [0.05, 0.1) is 13.0 Å². The van der Waals surface area contributed by atoms with Crippen molar-refractivity contribution in [2.45, 2.75) is 62.7 Å². The standard InChI is InChI=1S/C19H37N9O7/c20-6-2-1-4-11(17(33)28-13(18(34)35)8-14(22)30)27-16(32)12(5-3-7-25-19(23)24)26-15(31)10(21)9-29/h10-13,29H,1-9,20-21H2,(H2,22,30)(H,26,31)(H,27,32)(H,28,33)(H,34,35)(H4,23,24,25). The Morgan fingerprint density at radius 3 is 1.77 bits per heavy atom. The van der Waals surface area contributed by atoms with Crippen LogP contribution in [0.1, 0.15) is 38.5 Å². The first kappa shape index (κ1) is 31.5. The Morgan fingerprint density at radius 1 is 0.800 bits per heavy atom. The number of aliphatic carboxylic acids is 1. The van der Waals surface area contributed by atoms with Gasteiger partial charge in [-0.15, -0.1) is 0 Å². The summed E-state index contributed by atoms with van der Waals surface area (Å²) in [7, 11) is 0. The summed E-state index contributed by atoms with van der Waals surface area (Å²) < 4.78 is 0. The number of guanidine groups is 1. The van der Waals surface area contributed by atoms with Crippen molar-refractivity contribution < 1.29 is 34.2 Å². The lowest BCUT2D eigenvalue weighted by atomic mass is 10.0. The Bertz CT molecular complexity index is 759. The fourth-order valence-electron chi connectivity index (χ4n) is 2.84. The molecule has 16 nitrogen and oxygen atoms in total. The Hall–Kier alpha value is -3.50. The number of rotatable bonds is 18. The number of carbonyl (C=O) groups is 5. The highest BCUT2D eigenvalue weighted by atomic mass is 16.4. The molecule has 0 saturated carbocycles. The van der Waals surface area contributed by atoms with Gasteiger partial charge < -0.3 is 54.8 Å². The zero-order valence-electron chi connectivity index (χ0n) is 19.4. The molecule has 0 fully saturated rings. The monoisotopic (exact) mass is 503 g/mol. The van der Waals surface area contributed by atoms with Crippen molar-refractivity contribution >= 4 is 35.6 Å². The number of aliphatic imine (C=N–C) groups is 1. The molecule has 0 aromatic rings. The van der Waals surface area contributed by atoms with Gasteiger partial charge in [0, 0.05) is 6.54 Å². The number of carboxylic acid groups (broad SMARTS) is 1. The van der Waals surface area contributed by atoms with Crippen molar-refractivity contribution in [1.82, 2.24) is 16.0 Å². The van der Waals surface area contributed by atoms with E-state index in [0.717, 1.165) is 0 Å². The summed E-state index contributed by atoms with van der Waals surface area (Å²) in [6.45, 7) is -0.180. The molecular formula is C19H37N9O7. The van der Waals surface area contributed by atoms with E-state index >= 15 is 0 Å². The normalized spacial score (nSPS) is 14.0. The van der Waals surface area contributed by atoms with Gasteiger partial charge >= 0.3 is 5.97 Å². The van der Waals surface area contributed by atoms with E-state index in [4.69, 9.17) is 33.8 Å². The highest BCUT2D eigenvalue weighted by Crippen LogP contribution is 2.06. The number of hydrogen-bond donors (Lipinski definition) is 10. The van der Waals surface area contributed by atoms with E-state index in [1.165, 1.54) is 0 Å². The third kappa shape index (κ3) is 13.7. The second-order valence-corrected chi connectivity index (χ2v) is 7.71. The molecule has 4 amide bonds. The first-order chi connectivity index (χ1) is 16.4. The summed E-state index contributed by atoms with van der Waals surface area (Å²) in [6.07, 6.45) is 0.722. The van der Waals surface area contributed by atoms with Gasteiger partial charge in [0.1, 0.15) is 24.2 Å². The Labute approximate surface area is 202 Å². The molecule has 4 atom stereocenters. The number of aliphatic hydroxyl groups is 1. The first-order valence-electron chi connectivity index (χ1n) is 11.0. The minimum atomic E-state index is -1.59. The lowest BCUT2D eigenvalue weighted by Gasteiger charge is -2.25. The quantitative estimate of drug-likeness (QED) is 0.0479. The van der Waals surface area contributed by atoms with Crippen LogP contribution in [0.15, 0.2) is 4.99 Å². The van der Waals surface area contributed by atoms with Gasteiger partial charge in [-0.3, -0.25) is 24.2 Å². The molecule has 0 bridgehead atoms. The summed E-state index contributed by atoms with van der Waals surface area (Å²) in [5.74, 6) is -4.99. The van der Waals surface area contributed by atoms with Gasteiger partial charge in [-0.05, 0) is 38.6 Å². The van der Waals surface area contributed by atoms with Gasteiger partial charge in [-0.1, -0.05) is 0 Å². The SMILES string of the molecule is NCCCCC(NC(=O)C(CCCN=C(N)N)NC(=O)C(N)CO)C(=O)NC(CC(N)=O)C(=O)O. The van der Waals surface area contributed by atoms with Gasteiger partial charge in [0.2, 0.25) is 23.6 Å². The molecular weight excluding hydrogens is 466 g/mol. The van der Waals surface area contributed by atoms with Crippen molar-refractivity contribution in [3.63, 3.8) is 0 Å². The topological polar surface area (TPSA) is 304 Å². The molecule has 0 aliphatic carbocycles. The molecule has 0 heterocycles. The van der Waals surface area contributed by atoms with Gasteiger partial charge in [0.25, 0.3) is 0 Å². The third-order valence-corrected chi connectivity index (χ3v) is 4.71. The van der Waals surface area contributed by atoms with Crippen LogP contribution in [-0.4, -0.2) is 89.6 Å². The molecule has 200 valence electrons. The first-order valence-corrected chi connectivity index (χ1v) is 11.0. The minimum absolute atomic E-state index is 0.0586. The van der Waals surface area contributed by atoms with Gasteiger partial charge in [-0.2, -0.15) is 0 Å². The van der Waals surface area contributed by atoms with Crippen LogP contribution < -0.4 is 44.6 Å². The molecule has 15 N–H and O–H groups in total. The molecule has 0 aliphatic rings. The van der Waals surface area contributed by atoms with E-state index < -0.39 is 66.8 Å². The van der Waals surface area contributed by atoms with Crippen LogP contribution in [0.4, 0.5) is 0 Å². The van der Waals surface area contributed by atoms with E-state index in [1.807, 2.05) is 0 Å². The fraction of sp³-hybridized carbons (Fsp3) is 0.684.